The molecule has 1 aromatic carbocycles. The lowest BCUT2D eigenvalue weighted by Crippen LogP contribution is -2.60. The normalized spacial score (nSPS) is 27.1. The van der Waals surface area contributed by atoms with E-state index in [0.29, 0.717) is 17.0 Å². The number of carbonyl (C=O) groups is 1. The van der Waals surface area contributed by atoms with Crippen molar-refractivity contribution in [3.05, 3.63) is 50.8 Å². The van der Waals surface area contributed by atoms with Crippen LogP contribution in [0.1, 0.15) is 61.2 Å². The number of rotatable bonds is 14. The van der Waals surface area contributed by atoms with E-state index in [0.717, 1.165) is 42.5 Å². The Bertz CT molecular complexity index is 1550. The number of amides is 1. The molecule has 2 atom stereocenters. The van der Waals surface area contributed by atoms with E-state index in [1.54, 1.807) is 6.92 Å². The topological polar surface area (TPSA) is 209 Å². The highest BCUT2D eigenvalue weighted by molar-refractivity contribution is 7.39. The molecule has 1 aliphatic carbocycles. The minimum absolute atomic E-state index is 0.0999. The van der Waals surface area contributed by atoms with Gasteiger partial charge < -0.3 is 48.4 Å². The number of carbonyl (C=O) groups excluding carboxylic acids is 1. The summed E-state index contributed by atoms with van der Waals surface area (Å²) < 4.78 is 58.8. The number of fused-ring (bicyclic) bond motifs is 1. The third kappa shape index (κ3) is 9.63. The molecule has 49 heavy (non-hydrogen) atoms. The Morgan fingerprint density at radius 1 is 1.08 bits per heavy atom. The lowest BCUT2D eigenvalue weighted by atomic mass is 9.90. The summed E-state index contributed by atoms with van der Waals surface area (Å²) in [5.41, 5.74) is 2.33. The molecule has 2 fully saturated rings. The summed E-state index contributed by atoms with van der Waals surface area (Å²) in [5, 5.41) is 10.8. The molecule has 2 aliphatic heterocycles. The molecule has 0 radical (unpaired) electrons. The fourth-order valence-electron chi connectivity index (χ4n) is 5.53. The lowest BCUT2D eigenvalue weighted by molar-refractivity contribution is -0.456. The van der Waals surface area contributed by atoms with Crippen molar-refractivity contribution in [1.82, 2.24) is 9.88 Å². The van der Waals surface area contributed by atoms with Crippen LogP contribution in [0.5, 0.6) is 0 Å². The Kier molecular flexibility index (Phi) is 12.9. The van der Waals surface area contributed by atoms with Crippen molar-refractivity contribution in [3.8, 4) is 0 Å². The van der Waals surface area contributed by atoms with Crippen LogP contribution in [-0.2, 0) is 59.7 Å². The third-order valence-corrected chi connectivity index (χ3v) is 10.2. The second-order valence-electron chi connectivity index (χ2n) is 12.0. The number of hydrogen-bond acceptors (Lipinski definition) is 14. The molecule has 0 saturated carbocycles. The Balaban J connectivity index is 1.24. The lowest BCUT2D eigenvalue weighted by Gasteiger charge is -2.49. The first-order chi connectivity index (χ1) is 23.4. The molecule has 16 nitrogen and oxygen atoms in total. The summed E-state index contributed by atoms with van der Waals surface area (Å²) in [5.74, 6) is -3.36. The van der Waals surface area contributed by atoms with Crippen molar-refractivity contribution >= 4 is 46.1 Å². The van der Waals surface area contributed by atoms with E-state index < -0.39 is 53.1 Å². The van der Waals surface area contributed by atoms with Gasteiger partial charge in [-0.2, -0.15) is 0 Å². The van der Waals surface area contributed by atoms with Crippen LogP contribution in [0.4, 0.5) is 0 Å². The molecule has 1 spiro atoms. The summed E-state index contributed by atoms with van der Waals surface area (Å²) in [6.45, 7) is 5.54. The Hall–Kier alpha value is -2.08. The molecule has 0 bridgehead atoms. The zero-order valence-electron chi connectivity index (χ0n) is 27.5. The van der Waals surface area contributed by atoms with Crippen molar-refractivity contribution in [1.29, 1.82) is 5.41 Å². The monoisotopic (exact) mass is 747 g/mol. The van der Waals surface area contributed by atoms with Crippen LogP contribution < -0.4 is 10.1 Å². The molecule has 19 heteroatoms. The molecule has 2 unspecified atom stereocenters. The van der Waals surface area contributed by atoms with Gasteiger partial charge in [-0.1, -0.05) is 43.7 Å². The Morgan fingerprint density at radius 2 is 1.69 bits per heavy atom. The predicted octanol–water partition coefficient (Wildman–Crippen LogP) is 3.44. The molecule has 3 heterocycles. The first kappa shape index (κ1) is 38.2. The molecular formula is C30H43N3O13P2S. The van der Waals surface area contributed by atoms with Crippen molar-refractivity contribution in [2.24, 2.45) is 5.41 Å². The first-order valence-corrected chi connectivity index (χ1v) is 19.1. The fraction of sp³-hybridized carbons (Fsp3) is 0.600. The second-order valence-corrected chi connectivity index (χ2v) is 14.5. The Morgan fingerprint density at radius 3 is 2.29 bits per heavy atom. The number of thiazole rings is 1. The van der Waals surface area contributed by atoms with Gasteiger partial charge in [-0.15, -0.1) is 11.3 Å². The molecule has 1 amide bonds. The van der Waals surface area contributed by atoms with E-state index in [4.69, 9.17) is 48.5 Å². The minimum Gasteiger partial charge on any atom is -0.437 e. The standard InChI is InChI=1S/C30H43N3O13P2S/c1-4-29(39-15-25(34)32-27(45-47(35)36)46-48(37)38)40-16-28(17-41-29)18-42-30(5-2,43-19-28)44-23(21-12-10-20(3)11-13-21)14-33-22-8-6-7-9-24(22)49-26(33)31/h10-14,27,31,35-36,48H,4-9,15-19H2,1-3H3,(H,32,34)(H,37,38)/b23-14-,31-26?. The summed E-state index contributed by atoms with van der Waals surface area (Å²) in [6.07, 6.45) is 4.59. The summed E-state index contributed by atoms with van der Waals surface area (Å²) in [6, 6.07) is 7.94. The van der Waals surface area contributed by atoms with Crippen LogP contribution in [0.15, 0.2) is 24.3 Å². The molecule has 2 aromatic rings. The minimum atomic E-state index is -3.58. The van der Waals surface area contributed by atoms with E-state index in [-0.39, 0.29) is 32.8 Å². The highest BCUT2D eigenvalue weighted by Gasteiger charge is 2.52. The average Bonchev–Trinajstić information content (AvgIpc) is 3.39. The molecule has 2 saturated heterocycles. The maximum atomic E-state index is 12.4. The van der Waals surface area contributed by atoms with Crippen LogP contribution in [0.2, 0.25) is 0 Å². The van der Waals surface area contributed by atoms with Crippen LogP contribution in [0, 0.1) is 17.7 Å². The zero-order valence-corrected chi connectivity index (χ0v) is 30.2. The number of aromatic nitrogens is 1. The number of ether oxygens (including phenoxy) is 6. The molecule has 3 aliphatic rings. The maximum absolute atomic E-state index is 12.4. The number of benzene rings is 1. The van der Waals surface area contributed by atoms with E-state index in [1.165, 1.54) is 16.2 Å². The van der Waals surface area contributed by atoms with Gasteiger partial charge in [-0.3, -0.25) is 28.4 Å². The van der Waals surface area contributed by atoms with Crippen molar-refractivity contribution in [3.63, 3.8) is 0 Å². The van der Waals surface area contributed by atoms with Crippen LogP contribution in [0.3, 0.4) is 0 Å². The summed E-state index contributed by atoms with van der Waals surface area (Å²) in [4.78, 5) is 41.1. The van der Waals surface area contributed by atoms with E-state index in [9.17, 15) is 9.36 Å². The molecular weight excluding hydrogens is 704 g/mol. The largest absolute Gasteiger partial charge is 0.437 e. The van der Waals surface area contributed by atoms with Gasteiger partial charge in [0, 0.05) is 29.0 Å². The number of nitrogens with zero attached hydrogens (tertiary/aromatic N) is 1. The summed E-state index contributed by atoms with van der Waals surface area (Å²) in [7, 11) is -6.57. The maximum Gasteiger partial charge on any atom is 0.330 e. The zero-order chi connectivity index (χ0) is 35.2. The SMILES string of the molecule is CCC1(OCC(=O)NC(OP(O)O)O[PH](=O)O)OCC2(CO1)COC(CC)(O/C(=C\n1c3c(sc1=N)CCCC3)c1ccc(C)cc1)OC2. The molecule has 5 N–H and O–H groups in total. The van der Waals surface area contributed by atoms with Gasteiger partial charge >= 0.3 is 22.8 Å². The number of hydrogen-bond donors (Lipinski definition) is 5. The fourth-order valence-corrected chi connectivity index (χ4v) is 7.22. The molecule has 1 aromatic heterocycles. The van der Waals surface area contributed by atoms with Gasteiger partial charge in [0.05, 0.1) is 38.0 Å². The van der Waals surface area contributed by atoms with Crippen molar-refractivity contribution in [2.45, 2.75) is 77.7 Å². The van der Waals surface area contributed by atoms with Gasteiger partial charge in [0.15, 0.2) is 4.80 Å². The van der Waals surface area contributed by atoms with Crippen LogP contribution in [-0.4, -0.2) is 76.5 Å². The Labute approximate surface area is 289 Å². The first-order valence-electron chi connectivity index (χ1n) is 15.9. The predicted molar refractivity (Wildman–Crippen MR) is 176 cm³/mol. The van der Waals surface area contributed by atoms with Gasteiger partial charge in [0.2, 0.25) is 5.91 Å². The highest BCUT2D eigenvalue weighted by atomic mass is 32.1. The summed E-state index contributed by atoms with van der Waals surface area (Å²) >= 11 is 1.49. The van der Waals surface area contributed by atoms with Crippen LogP contribution >= 0.6 is 28.2 Å². The van der Waals surface area contributed by atoms with Crippen molar-refractivity contribution in [2.75, 3.05) is 33.0 Å². The highest BCUT2D eigenvalue weighted by Crippen LogP contribution is 2.41. The van der Waals surface area contributed by atoms with E-state index >= 15 is 0 Å². The smallest absolute Gasteiger partial charge is 0.330 e. The van der Waals surface area contributed by atoms with Crippen molar-refractivity contribution < 1.29 is 61.5 Å². The van der Waals surface area contributed by atoms with Crippen LogP contribution in [0.25, 0.3) is 12.0 Å². The number of nitrogens with one attached hydrogen (secondary N) is 2. The molecule has 5 rings (SSSR count). The quantitative estimate of drug-likeness (QED) is 0.107. The molecule has 272 valence electrons. The number of aryl methyl sites for hydroxylation is 2. The third-order valence-electron chi connectivity index (χ3n) is 8.33. The van der Waals surface area contributed by atoms with E-state index in [1.807, 2.05) is 48.9 Å². The van der Waals surface area contributed by atoms with Gasteiger partial charge in [-0.05, 0) is 32.6 Å². The average molecular weight is 748 g/mol. The van der Waals surface area contributed by atoms with Gasteiger partial charge in [-0.25, -0.2) is 0 Å². The second kappa shape index (κ2) is 16.5. The van der Waals surface area contributed by atoms with E-state index in [2.05, 4.69) is 14.4 Å². The van der Waals surface area contributed by atoms with Gasteiger partial charge in [0.25, 0.3) is 12.4 Å². The van der Waals surface area contributed by atoms with Gasteiger partial charge in [0.1, 0.15) is 12.4 Å².